The van der Waals surface area contributed by atoms with Crippen LogP contribution in [-0.4, -0.2) is 25.5 Å². The molecule has 3 nitrogen and oxygen atoms in total. The molecule has 1 aromatic carbocycles. The zero-order valence-electron chi connectivity index (χ0n) is 10.1. The van der Waals surface area contributed by atoms with E-state index in [9.17, 15) is 4.79 Å². The van der Waals surface area contributed by atoms with Crippen molar-refractivity contribution in [2.24, 2.45) is 0 Å². The highest BCUT2D eigenvalue weighted by Crippen LogP contribution is 1.94. The highest BCUT2D eigenvalue weighted by atomic mass is 16.1. The van der Waals surface area contributed by atoms with Crippen molar-refractivity contribution in [2.45, 2.75) is 13.3 Å². The van der Waals surface area contributed by atoms with Gasteiger partial charge in [0.2, 0.25) is 0 Å². The summed E-state index contributed by atoms with van der Waals surface area (Å²) < 4.78 is 0. The highest BCUT2D eigenvalue weighted by Gasteiger charge is 1.93. The van der Waals surface area contributed by atoms with Gasteiger partial charge in [-0.15, -0.1) is 0 Å². The summed E-state index contributed by atoms with van der Waals surface area (Å²) >= 11 is 0. The van der Waals surface area contributed by atoms with Crippen LogP contribution in [0.5, 0.6) is 0 Å². The number of amides is 1. The van der Waals surface area contributed by atoms with Crippen molar-refractivity contribution in [1.29, 1.82) is 0 Å². The topological polar surface area (TPSA) is 41.1 Å². The van der Waals surface area contributed by atoms with E-state index in [-0.39, 0.29) is 5.91 Å². The van der Waals surface area contributed by atoms with E-state index in [1.54, 1.807) is 0 Å². The van der Waals surface area contributed by atoms with Crippen molar-refractivity contribution < 1.29 is 4.79 Å². The lowest BCUT2D eigenvalue weighted by molar-refractivity contribution is -0.115. The van der Waals surface area contributed by atoms with Gasteiger partial charge >= 0.3 is 0 Å². The van der Waals surface area contributed by atoms with E-state index in [4.69, 9.17) is 0 Å². The quantitative estimate of drug-likeness (QED) is 0.588. The van der Waals surface area contributed by atoms with Crippen LogP contribution >= 0.6 is 0 Å². The average molecular weight is 230 g/mol. The average Bonchev–Trinajstić information content (AvgIpc) is 2.37. The lowest BCUT2D eigenvalue weighted by atomic mass is 10.2. The molecule has 0 aliphatic carbocycles. The fourth-order valence-electron chi connectivity index (χ4n) is 1.29. The number of hydrogen-bond acceptors (Lipinski definition) is 2. The van der Waals surface area contributed by atoms with Gasteiger partial charge in [-0.1, -0.05) is 31.0 Å². The summed E-state index contributed by atoms with van der Waals surface area (Å²) in [5.74, 6) is 5.17. The molecule has 3 heteroatoms. The Hall–Kier alpha value is -1.79. The van der Waals surface area contributed by atoms with Crippen molar-refractivity contribution in [1.82, 2.24) is 10.6 Å². The van der Waals surface area contributed by atoms with Gasteiger partial charge < -0.3 is 10.6 Å². The maximum atomic E-state index is 11.3. The van der Waals surface area contributed by atoms with Crippen molar-refractivity contribution in [3.05, 3.63) is 35.9 Å². The van der Waals surface area contributed by atoms with Gasteiger partial charge in [0.1, 0.15) is 0 Å². The summed E-state index contributed by atoms with van der Waals surface area (Å²) in [5, 5.41) is 5.95. The van der Waals surface area contributed by atoms with E-state index in [2.05, 4.69) is 29.4 Å². The Labute approximate surface area is 103 Å². The van der Waals surface area contributed by atoms with Gasteiger partial charge in [0.05, 0.1) is 0 Å². The fourth-order valence-corrected chi connectivity index (χ4v) is 1.29. The predicted molar refractivity (Wildman–Crippen MR) is 69.5 cm³/mol. The minimum absolute atomic E-state index is 0.217. The summed E-state index contributed by atoms with van der Waals surface area (Å²) in [6.07, 6.45) is 0.923. The molecule has 1 amide bonds. The van der Waals surface area contributed by atoms with Crippen molar-refractivity contribution in [3.8, 4) is 11.8 Å². The van der Waals surface area contributed by atoms with Crippen molar-refractivity contribution >= 4 is 5.91 Å². The smallest absolute Gasteiger partial charge is 0.296 e. The van der Waals surface area contributed by atoms with Crippen LogP contribution in [0.3, 0.4) is 0 Å². The molecule has 0 saturated heterocycles. The number of nitrogens with one attached hydrogen (secondary N) is 2. The SMILES string of the molecule is CCNCCCNC(=O)C#Cc1ccccc1. The number of hydrogen-bond donors (Lipinski definition) is 2. The van der Waals surface area contributed by atoms with Gasteiger partial charge in [0.25, 0.3) is 5.91 Å². The standard InChI is InChI=1S/C14H18N2O/c1-2-15-11-6-12-16-14(17)10-9-13-7-4-3-5-8-13/h3-5,7-8,15H,2,6,11-12H2,1H3,(H,16,17). The van der Waals surface area contributed by atoms with Gasteiger partial charge in [-0.05, 0) is 31.6 Å². The molecule has 0 aliphatic heterocycles. The summed E-state index contributed by atoms with van der Waals surface area (Å²) in [6, 6.07) is 9.49. The van der Waals surface area contributed by atoms with Gasteiger partial charge in [-0.2, -0.15) is 0 Å². The zero-order chi connectivity index (χ0) is 12.3. The molecule has 0 saturated carbocycles. The molecule has 0 fully saturated rings. The van der Waals surface area contributed by atoms with E-state index in [0.29, 0.717) is 6.54 Å². The molecule has 0 atom stereocenters. The third-order valence-electron chi connectivity index (χ3n) is 2.16. The molecule has 1 aromatic rings. The van der Waals surface area contributed by atoms with Crippen molar-refractivity contribution in [2.75, 3.05) is 19.6 Å². The molecular formula is C14H18N2O. The van der Waals surface area contributed by atoms with Crippen molar-refractivity contribution in [3.63, 3.8) is 0 Å². The lowest BCUT2D eigenvalue weighted by Gasteiger charge is -2.01. The Balaban J connectivity index is 2.24. The lowest BCUT2D eigenvalue weighted by Crippen LogP contribution is -2.26. The zero-order valence-corrected chi connectivity index (χ0v) is 10.1. The van der Waals surface area contributed by atoms with E-state index >= 15 is 0 Å². The Morgan fingerprint density at radius 2 is 2.00 bits per heavy atom. The Bertz CT molecular complexity index is 390. The Morgan fingerprint density at radius 1 is 1.24 bits per heavy atom. The summed E-state index contributed by atoms with van der Waals surface area (Å²) in [6.45, 7) is 4.60. The molecular weight excluding hydrogens is 212 g/mol. The molecule has 1 rings (SSSR count). The summed E-state index contributed by atoms with van der Waals surface area (Å²) in [7, 11) is 0. The predicted octanol–water partition coefficient (Wildman–Crippen LogP) is 1.15. The molecule has 0 heterocycles. The van der Waals surface area contributed by atoms with Gasteiger partial charge in [-0.25, -0.2) is 0 Å². The van der Waals surface area contributed by atoms with E-state index in [0.717, 1.165) is 25.1 Å². The largest absolute Gasteiger partial charge is 0.345 e. The second-order valence-corrected chi connectivity index (χ2v) is 3.58. The molecule has 0 aromatic heterocycles. The van der Waals surface area contributed by atoms with Gasteiger partial charge in [-0.3, -0.25) is 4.79 Å². The third-order valence-corrected chi connectivity index (χ3v) is 2.16. The summed E-state index contributed by atoms with van der Waals surface area (Å²) in [4.78, 5) is 11.3. The van der Waals surface area contributed by atoms with Crippen LogP contribution < -0.4 is 10.6 Å². The molecule has 0 bridgehead atoms. The number of benzene rings is 1. The molecule has 0 spiro atoms. The second-order valence-electron chi connectivity index (χ2n) is 3.58. The maximum Gasteiger partial charge on any atom is 0.296 e. The molecule has 90 valence electrons. The normalized spacial score (nSPS) is 9.24. The van der Waals surface area contributed by atoms with Gasteiger partial charge in [0.15, 0.2) is 0 Å². The maximum absolute atomic E-state index is 11.3. The summed E-state index contributed by atoms with van der Waals surface area (Å²) in [5.41, 5.74) is 0.857. The van der Waals surface area contributed by atoms with Crippen LogP contribution in [0, 0.1) is 11.8 Å². The van der Waals surface area contributed by atoms with Crippen LogP contribution in [0.15, 0.2) is 30.3 Å². The van der Waals surface area contributed by atoms with E-state index < -0.39 is 0 Å². The number of rotatable bonds is 5. The van der Waals surface area contributed by atoms with Crippen LogP contribution in [0.1, 0.15) is 18.9 Å². The highest BCUT2D eigenvalue weighted by molar-refractivity contribution is 5.94. The minimum Gasteiger partial charge on any atom is -0.345 e. The van der Waals surface area contributed by atoms with E-state index in [1.165, 1.54) is 0 Å². The number of carbonyl (C=O) groups excluding carboxylic acids is 1. The second kappa shape index (κ2) is 8.37. The van der Waals surface area contributed by atoms with E-state index in [1.807, 2.05) is 30.3 Å². The Morgan fingerprint density at radius 3 is 2.71 bits per heavy atom. The minimum atomic E-state index is -0.217. The molecule has 0 radical (unpaired) electrons. The van der Waals surface area contributed by atoms with Crippen LogP contribution in [0.25, 0.3) is 0 Å². The third kappa shape index (κ3) is 6.39. The molecule has 17 heavy (non-hydrogen) atoms. The van der Waals surface area contributed by atoms with Crippen LogP contribution in [0.2, 0.25) is 0 Å². The monoisotopic (exact) mass is 230 g/mol. The first kappa shape index (κ1) is 13.3. The van der Waals surface area contributed by atoms with Crippen LogP contribution in [0.4, 0.5) is 0 Å². The first-order valence-electron chi connectivity index (χ1n) is 5.88. The van der Waals surface area contributed by atoms with Crippen LogP contribution in [-0.2, 0) is 4.79 Å². The first-order valence-corrected chi connectivity index (χ1v) is 5.88. The molecule has 2 N–H and O–H groups in total. The molecule has 0 aliphatic rings. The number of carbonyl (C=O) groups is 1. The Kier molecular flexibility index (Phi) is 6.54. The fraction of sp³-hybridized carbons (Fsp3) is 0.357. The molecule has 0 unspecified atom stereocenters. The van der Waals surface area contributed by atoms with Gasteiger partial charge in [0, 0.05) is 18.0 Å². The first-order chi connectivity index (χ1) is 8.33.